The summed E-state index contributed by atoms with van der Waals surface area (Å²) in [5.41, 5.74) is 5.67. The normalized spacial score (nSPS) is 10.3. The lowest BCUT2D eigenvalue weighted by Gasteiger charge is -2.20. The third-order valence-corrected chi connectivity index (χ3v) is 5.85. The third kappa shape index (κ3) is 7.60. The summed E-state index contributed by atoms with van der Waals surface area (Å²) in [6.07, 6.45) is 4.21. The predicted molar refractivity (Wildman–Crippen MR) is 145 cm³/mol. The Hall–Kier alpha value is -4.32. The van der Waals surface area contributed by atoms with Crippen molar-refractivity contribution < 1.29 is 19.1 Å². The van der Waals surface area contributed by atoms with Crippen LogP contribution in [0, 0.1) is 0 Å². The van der Waals surface area contributed by atoms with Gasteiger partial charge in [-0.05, 0) is 72.5 Å². The number of aryl methyl sites for hydroxylation is 2. The van der Waals surface area contributed by atoms with E-state index in [2.05, 4.69) is 71.5 Å². The molecule has 0 fully saturated rings. The number of rotatable bonds is 12. The summed E-state index contributed by atoms with van der Waals surface area (Å²) >= 11 is 0. The Balaban J connectivity index is 1.50. The first kappa shape index (κ1) is 26.3. The van der Waals surface area contributed by atoms with Gasteiger partial charge in [-0.2, -0.15) is 0 Å². The SMILES string of the molecule is C=CC(=O)OCCN(C)c1ccc(CCc2ccc(N(C)c3ccc(OC(=O)C=C)cc3)cc2)cc1. The minimum atomic E-state index is -0.473. The van der Waals surface area contributed by atoms with Crippen molar-refractivity contribution in [2.45, 2.75) is 12.8 Å². The van der Waals surface area contributed by atoms with Gasteiger partial charge in [0.15, 0.2) is 0 Å². The number of ether oxygens (including phenoxy) is 2. The van der Waals surface area contributed by atoms with E-state index in [1.54, 1.807) is 12.1 Å². The van der Waals surface area contributed by atoms with E-state index in [-0.39, 0.29) is 0 Å². The van der Waals surface area contributed by atoms with Crippen LogP contribution in [0.15, 0.2) is 98.1 Å². The molecule has 0 amide bonds. The zero-order valence-corrected chi connectivity index (χ0v) is 20.9. The smallest absolute Gasteiger partial charge is 0.335 e. The summed E-state index contributed by atoms with van der Waals surface area (Å²) in [4.78, 5) is 26.6. The van der Waals surface area contributed by atoms with Crippen LogP contribution in [-0.4, -0.2) is 39.2 Å². The second kappa shape index (κ2) is 13.0. The second-order valence-electron chi connectivity index (χ2n) is 8.30. The molecule has 3 rings (SSSR count). The average molecular weight is 485 g/mol. The van der Waals surface area contributed by atoms with Crippen molar-refractivity contribution in [2.24, 2.45) is 0 Å². The Morgan fingerprint density at radius 1 is 0.722 bits per heavy atom. The molecule has 0 saturated heterocycles. The van der Waals surface area contributed by atoms with Crippen molar-refractivity contribution in [1.29, 1.82) is 0 Å². The topological polar surface area (TPSA) is 59.1 Å². The summed E-state index contributed by atoms with van der Waals surface area (Å²) in [7, 11) is 3.98. The summed E-state index contributed by atoms with van der Waals surface area (Å²) in [6.45, 7) is 7.74. The molecule has 0 aromatic heterocycles. The largest absolute Gasteiger partial charge is 0.461 e. The molecule has 0 saturated carbocycles. The quantitative estimate of drug-likeness (QED) is 0.192. The van der Waals surface area contributed by atoms with E-state index in [1.165, 1.54) is 17.2 Å². The van der Waals surface area contributed by atoms with E-state index in [0.29, 0.717) is 18.9 Å². The Kier molecular flexibility index (Phi) is 9.46. The van der Waals surface area contributed by atoms with E-state index >= 15 is 0 Å². The fourth-order valence-electron chi connectivity index (χ4n) is 3.61. The van der Waals surface area contributed by atoms with E-state index in [9.17, 15) is 9.59 Å². The monoisotopic (exact) mass is 484 g/mol. The van der Waals surface area contributed by atoms with Crippen molar-refractivity contribution in [1.82, 2.24) is 0 Å². The number of hydrogen-bond acceptors (Lipinski definition) is 6. The summed E-state index contributed by atoms with van der Waals surface area (Å²) < 4.78 is 10.2. The average Bonchev–Trinajstić information content (AvgIpc) is 2.92. The molecule has 186 valence electrons. The van der Waals surface area contributed by atoms with Crippen molar-refractivity contribution in [3.63, 3.8) is 0 Å². The number of likely N-dealkylation sites (N-methyl/N-ethyl adjacent to an activating group) is 1. The van der Waals surface area contributed by atoms with E-state index in [4.69, 9.17) is 9.47 Å². The standard InChI is InChI=1S/C30H32N2O4/c1-5-29(33)35-22-21-31(3)25-13-9-23(10-14-25)7-8-24-11-15-26(16-12-24)32(4)27-17-19-28(20-18-27)36-30(34)6-2/h5-6,9-20H,1-2,7-8,21-22H2,3-4H3. The maximum Gasteiger partial charge on any atom is 0.335 e. The minimum absolute atomic E-state index is 0.324. The number of carbonyl (C=O) groups is 2. The Morgan fingerprint density at radius 3 is 1.69 bits per heavy atom. The van der Waals surface area contributed by atoms with Gasteiger partial charge in [-0.25, -0.2) is 9.59 Å². The van der Waals surface area contributed by atoms with Crippen LogP contribution in [0.4, 0.5) is 17.1 Å². The van der Waals surface area contributed by atoms with Gasteiger partial charge in [-0.15, -0.1) is 0 Å². The summed E-state index contributed by atoms with van der Waals surface area (Å²) in [5.74, 6) is -0.388. The van der Waals surface area contributed by atoms with E-state index in [1.807, 2.05) is 26.2 Å². The van der Waals surface area contributed by atoms with Gasteiger partial charge in [0.2, 0.25) is 0 Å². The minimum Gasteiger partial charge on any atom is -0.461 e. The fourth-order valence-corrected chi connectivity index (χ4v) is 3.61. The molecule has 36 heavy (non-hydrogen) atoms. The fraction of sp³-hybridized carbons (Fsp3) is 0.200. The van der Waals surface area contributed by atoms with Gasteiger partial charge in [0, 0.05) is 43.3 Å². The van der Waals surface area contributed by atoms with Crippen molar-refractivity contribution in [3.8, 4) is 5.75 Å². The van der Waals surface area contributed by atoms with Crippen LogP contribution in [-0.2, 0) is 27.2 Å². The van der Waals surface area contributed by atoms with E-state index < -0.39 is 11.9 Å². The molecule has 6 nitrogen and oxygen atoms in total. The predicted octanol–water partition coefficient (Wildman–Crippen LogP) is 5.50. The van der Waals surface area contributed by atoms with Gasteiger partial charge >= 0.3 is 11.9 Å². The molecule has 0 radical (unpaired) electrons. The van der Waals surface area contributed by atoms with Crippen molar-refractivity contribution in [3.05, 3.63) is 109 Å². The van der Waals surface area contributed by atoms with Gasteiger partial charge in [-0.3, -0.25) is 0 Å². The molecular formula is C30H32N2O4. The van der Waals surface area contributed by atoms with Crippen molar-refractivity contribution in [2.75, 3.05) is 37.0 Å². The summed E-state index contributed by atoms with van der Waals surface area (Å²) in [5, 5.41) is 0. The number of esters is 2. The van der Waals surface area contributed by atoms with Crippen LogP contribution in [0.25, 0.3) is 0 Å². The molecule has 0 unspecified atom stereocenters. The van der Waals surface area contributed by atoms with Crippen LogP contribution >= 0.6 is 0 Å². The highest BCUT2D eigenvalue weighted by Crippen LogP contribution is 2.26. The molecule has 0 aliphatic rings. The highest BCUT2D eigenvalue weighted by molar-refractivity contribution is 5.83. The lowest BCUT2D eigenvalue weighted by Crippen LogP contribution is -2.23. The Labute approximate surface area is 213 Å². The number of hydrogen-bond donors (Lipinski definition) is 0. The zero-order chi connectivity index (χ0) is 25.9. The Morgan fingerprint density at radius 2 is 1.19 bits per heavy atom. The summed E-state index contributed by atoms with van der Waals surface area (Å²) in [6, 6.07) is 24.3. The van der Waals surface area contributed by atoms with Crippen LogP contribution < -0.4 is 14.5 Å². The van der Waals surface area contributed by atoms with Gasteiger partial charge < -0.3 is 19.3 Å². The van der Waals surface area contributed by atoms with Crippen LogP contribution in [0.1, 0.15) is 11.1 Å². The molecule has 0 aliphatic carbocycles. The van der Waals surface area contributed by atoms with E-state index in [0.717, 1.165) is 36.0 Å². The molecule has 0 heterocycles. The molecule has 0 atom stereocenters. The highest BCUT2D eigenvalue weighted by atomic mass is 16.5. The maximum atomic E-state index is 11.3. The number of benzene rings is 3. The molecular weight excluding hydrogens is 452 g/mol. The molecule has 0 aliphatic heterocycles. The Bertz CT molecular complexity index is 1170. The molecule has 3 aromatic rings. The third-order valence-electron chi connectivity index (χ3n) is 5.85. The van der Waals surface area contributed by atoms with Gasteiger partial charge in [0.25, 0.3) is 0 Å². The zero-order valence-electron chi connectivity index (χ0n) is 20.9. The number of anilines is 3. The first-order chi connectivity index (χ1) is 17.4. The maximum absolute atomic E-state index is 11.3. The first-order valence-electron chi connectivity index (χ1n) is 11.8. The second-order valence-corrected chi connectivity index (χ2v) is 8.30. The van der Waals surface area contributed by atoms with Gasteiger partial charge in [-0.1, -0.05) is 37.4 Å². The van der Waals surface area contributed by atoms with Crippen LogP contribution in [0.3, 0.4) is 0 Å². The number of carbonyl (C=O) groups excluding carboxylic acids is 2. The number of nitrogens with zero attached hydrogens (tertiary/aromatic N) is 2. The van der Waals surface area contributed by atoms with Gasteiger partial charge in [0.1, 0.15) is 12.4 Å². The lowest BCUT2D eigenvalue weighted by molar-refractivity contribution is -0.137. The highest BCUT2D eigenvalue weighted by Gasteiger charge is 2.07. The lowest BCUT2D eigenvalue weighted by atomic mass is 10.0. The molecule has 0 N–H and O–H groups in total. The van der Waals surface area contributed by atoms with Crippen molar-refractivity contribution >= 4 is 29.0 Å². The van der Waals surface area contributed by atoms with Gasteiger partial charge in [0.05, 0.1) is 6.54 Å². The molecule has 0 bridgehead atoms. The molecule has 3 aromatic carbocycles. The van der Waals surface area contributed by atoms with Crippen LogP contribution in [0.5, 0.6) is 5.75 Å². The first-order valence-corrected chi connectivity index (χ1v) is 11.8. The molecule has 6 heteroatoms. The van der Waals surface area contributed by atoms with Crippen LogP contribution in [0.2, 0.25) is 0 Å². The molecule has 0 spiro atoms.